The Labute approximate surface area is 158 Å². The summed E-state index contributed by atoms with van der Waals surface area (Å²) in [6.07, 6.45) is -0.212. The van der Waals surface area contributed by atoms with Crippen LogP contribution in [0.1, 0.15) is 12.0 Å². The van der Waals surface area contributed by atoms with Gasteiger partial charge in [0, 0.05) is 5.69 Å². The number of amides is 2. The molecule has 2 aromatic rings. The molecule has 2 aromatic carbocycles. The zero-order valence-corrected chi connectivity index (χ0v) is 15.8. The van der Waals surface area contributed by atoms with E-state index >= 15 is 0 Å². The van der Waals surface area contributed by atoms with Gasteiger partial charge in [-0.05, 0) is 31.2 Å². The number of para-hydroxylation sites is 1. The summed E-state index contributed by atoms with van der Waals surface area (Å²) in [7, 11) is -2.89. The fourth-order valence-electron chi connectivity index (χ4n) is 3.01. The molecule has 1 unspecified atom stereocenters. The lowest BCUT2D eigenvalue weighted by Crippen LogP contribution is -2.41. The van der Waals surface area contributed by atoms with Crippen LogP contribution in [0.4, 0.5) is 10.5 Å². The summed E-state index contributed by atoms with van der Waals surface area (Å²) in [6, 6.07) is 13.5. The number of carbonyl (C=O) groups excluding carboxylic acids is 2. The molecular weight excluding hydrogens is 368 g/mol. The average Bonchev–Trinajstić information content (AvgIpc) is 2.99. The molecule has 7 nitrogen and oxygen atoms in total. The number of nitrogens with zero attached hydrogens (tertiary/aromatic N) is 2. The van der Waals surface area contributed by atoms with Crippen LogP contribution < -0.4 is 4.90 Å². The molecule has 1 heterocycles. The first-order valence-corrected chi connectivity index (χ1v) is 9.83. The zero-order valence-electron chi connectivity index (χ0n) is 15.0. The van der Waals surface area contributed by atoms with Crippen molar-refractivity contribution in [1.82, 2.24) is 4.31 Å². The number of rotatable bonds is 5. The van der Waals surface area contributed by atoms with E-state index in [2.05, 4.69) is 4.74 Å². The lowest BCUT2D eigenvalue weighted by Gasteiger charge is -2.22. The molecule has 27 heavy (non-hydrogen) atoms. The van der Waals surface area contributed by atoms with E-state index in [0.29, 0.717) is 5.69 Å². The molecule has 0 aromatic heterocycles. The van der Waals surface area contributed by atoms with Crippen molar-refractivity contribution in [2.24, 2.45) is 0 Å². The van der Waals surface area contributed by atoms with Crippen molar-refractivity contribution in [3.05, 3.63) is 60.2 Å². The van der Waals surface area contributed by atoms with Gasteiger partial charge in [0.1, 0.15) is 0 Å². The summed E-state index contributed by atoms with van der Waals surface area (Å²) < 4.78 is 31.8. The third kappa shape index (κ3) is 3.66. The Balaban J connectivity index is 2.01. The number of sulfonamides is 1. The summed E-state index contributed by atoms with van der Waals surface area (Å²) in [4.78, 5) is 26.2. The van der Waals surface area contributed by atoms with Crippen LogP contribution in [-0.2, 0) is 19.6 Å². The van der Waals surface area contributed by atoms with Gasteiger partial charge in [0.15, 0.2) is 0 Å². The van der Waals surface area contributed by atoms with E-state index in [1.807, 2.05) is 6.92 Å². The average molecular weight is 388 g/mol. The van der Waals surface area contributed by atoms with Gasteiger partial charge in [0.2, 0.25) is 0 Å². The second-order valence-electron chi connectivity index (χ2n) is 6.28. The summed E-state index contributed by atoms with van der Waals surface area (Å²) in [6.45, 7) is 1.91. The minimum absolute atomic E-state index is 0.00577. The number of benzene rings is 2. The van der Waals surface area contributed by atoms with Gasteiger partial charge < -0.3 is 4.74 Å². The molecule has 0 bridgehead atoms. The number of esters is 1. The van der Waals surface area contributed by atoms with Gasteiger partial charge >= 0.3 is 12.0 Å². The topological polar surface area (TPSA) is 84.0 Å². The minimum Gasteiger partial charge on any atom is -0.469 e. The molecule has 0 N–H and O–H groups in total. The minimum atomic E-state index is -4.11. The van der Waals surface area contributed by atoms with Gasteiger partial charge in [-0.25, -0.2) is 17.5 Å². The quantitative estimate of drug-likeness (QED) is 0.735. The molecule has 1 saturated heterocycles. The highest BCUT2D eigenvalue weighted by Gasteiger charge is 2.46. The number of ether oxygens (including phenoxy) is 1. The molecule has 1 aliphatic rings. The number of hydrogen-bond donors (Lipinski definition) is 0. The normalized spacial score (nSPS) is 17.3. The number of hydrogen-bond acceptors (Lipinski definition) is 5. The van der Waals surface area contributed by atoms with Gasteiger partial charge in [-0.3, -0.25) is 9.69 Å². The first kappa shape index (κ1) is 18.9. The summed E-state index contributed by atoms with van der Waals surface area (Å²) in [5, 5.41) is 0. The Hall–Kier alpha value is -2.87. The fraction of sp³-hybridized carbons (Fsp3) is 0.263. The summed E-state index contributed by atoms with van der Waals surface area (Å²) in [5.41, 5.74) is 1.47. The van der Waals surface area contributed by atoms with E-state index < -0.39 is 28.1 Å². The lowest BCUT2D eigenvalue weighted by atomic mass is 10.2. The predicted molar refractivity (Wildman–Crippen MR) is 99.8 cm³/mol. The predicted octanol–water partition coefficient (Wildman–Crippen LogP) is 2.56. The molecule has 0 aliphatic carbocycles. The first-order chi connectivity index (χ1) is 12.8. The van der Waals surface area contributed by atoms with E-state index in [0.717, 1.165) is 9.87 Å². The molecule has 0 saturated carbocycles. The highest BCUT2D eigenvalue weighted by molar-refractivity contribution is 7.89. The molecule has 1 fully saturated rings. The monoisotopic (exact) mass is 388 g/mol. The Morgan fingerprint density at radius 1 is 1.11 bits per heavy atom. The van der Waals surface area contributed by atoms with Gasteiger partial charge in [-0.2, -0.15) is 0 Å². The van der Waals surface area contributed by atoms with Crippen molar-refractivity contribution in [2.45, 2.75) is 24.3 Å². The largest absolute Gasteiger partial charge is 0.469 e. The van der Waals surface area contributed by atoms with Crippen LogP contribution in [0.15, 0.2) is 59.5 Å². The number of anilines is 1. The second kappa shape index (κ2) is 7.40. The van der Waals surface area contributed by atoms with E-state index in [1.54, 1.807) is 42.5 Å². The highest BCUT2D eigenvalue weighted by atomic mass is 32.2. The van der Waals surface area contributed by atoms with Crippen LogP contribution >= 0.6 is 0 Å². The van der Waals surface area contributed by atoms with Crippen LogP contribution in [0.5, 0.6) is 0 Å². The lowest BCUT2D eigenvalue weighted by molar-refractivity contribution is -0.141. The van der Waals surface area contributed by atoms with Gasteiger partial charge in [0.05, 0.1) is 31.0 Å². The van der Waals surface area contributed by atoms with Crippen LogP contribution in [0, 0.1) is 6.92 Å². The maximum absolute atomic E-state index is 13.1. The first-order valence-electron chi connectivity index (χ1n) is 8.39. The Morgan fingerprint density at radius 3 is 2.33 bits per heavy atom. The molecular formula is C19H20N2O5S. The zero-order chi connectivity index (χ0) is 19.6. The van der Waals surface area contributed by atoms with E-state index in [9.17, 15) is 18.0 Å². The van der Waals surface area contributed by atoms with Crippen molar-refractivity contribution in [3.63, 3.8) is 0 Å². The van der Waals surface area contributed by atoms with E-state index in [1.165, 1.54) is 24.1 Å². The van der Waals surface area contributed by atoms with Crippen molar-refractivity contribution >= 4 is 27.7 Å². The van der Waals surface area contributed by atoms with Crippen LogP contribution in [0.25, 0.3) is 0 Å². The second-order valence-corrected chi connectivity index (χ2v) is 8.09. The molecule has 2 amide bonds. The van der Waals surface area contributed by atoms with Crippen LogP contribution in [-0.4, -0.2) is 44.4 Å². The summed E-state index contributed by atoms with van der Waals surface area (Å²) >= 11 is 0. The smallest absolute Gasteiger partial charge is 0.338 e. The molecule has 0 spiro atoms. The number of aryl methyl sites for hydroxylation is 1. The van der Waals surface area contributed by atoms with E-state index in [4.69, 9.17) is 0 Å². The molecule has 8 heteroatoms. The molecule has 0 radical (unpaired) electrons. The van der Waals surface area contributed by atoms with Gasteiger partial charge in [0.25, 0.3) is 10.0 Å². The van der Waals surface area contributed by atoms with Crippen molar-refractivity contribution in [1.29, 1.82) is 0 Å². The maximum atomic E-state index is 13.1. The Kier molecular flexibility index (Phi) is 5.18. The summed E-state index contributed by atoms with van der Waals surface area (Å²) in [5.74, 6) is -0.577. The van der Waals surface area contributed by atoms with Crippen LogP contribution in [0.3, 0.4) is 0 Å². The molecule has 3 rings (SSSR count). The van der Waals surface area contributed by atoms with Crippen molar-refractivity contribution in [3.8, 4) is 0 Å². The third-order valence-corrected chi connectivity index (χ3v) is 6.26. The number of methoxy groups -OCH3 is 1. The standard InChI is InChI=1S/C19H20N2O5S/c1-14-8-10-17(11-9-14)27(24,25)21-16(12-18(22)26-2)13-20(19(21)23)15-6-4-3-5-7-15/h3-11,16H,12-13H2,1-2H3. The molecule has 1 atom stereocenters. The van der Waals surface area contributed by atoms with Gasteiger partial charge in [-0.15, -0.1) is 0 Å². The SMILES string of the molecule is COC(=O)CC1CN(c2ccccc2)C(=O)N1S(=O)(=O)c1ccc(C)cc1. The third-order valence-electron chi connectivity index (χ3n) is 4.42. The highest BCUT2D eigenvalue weighted by Crippen LogP contribution is 2.30. The molecule has 142 valence electrons. The fourth-order valence-corrected chi connectivity index (χ4v) is 4.55. The maximum Gasteiger partial charge on any atom is 0.338 e. The van der Waals surface area contributed by atoms with Crippen molar-refractivity contribution < 1.29 is 22.7 Å². The van der Waals surface area contributed by atoms with Crippen LogP contribution in [0.2, 0.25) is 0 Å². The number of urea groups is 1. The van der Waals surface area contributed by atoms with Crippen molar-refractivity contribution in [2.75, 3.05) is 18.6 Å². The van der Waals surface area contributed by atoms with E-state index in [-0.39, 0.29) is 17.9 Å². The Morgan fingerprint density at radius 2 is 1.74 bits per heavy atom. The number of carbonyl (C=O) groups is 2. The molecule has 1 aliphatic heterocycles. The Bertz CT molecular complexity index is 942. The van der Waals surface area contributed by atoms with Gasteiger partial charge in [-0.1, -0.05) is 35.9 Å².